The van der Waals surface area contributed by atoms with Crippen molar-refractivity contribution in [3.8, 4) is 5.75 Å². The van der Waals surface area contributed by atoms with Crippen LogP contribution in [0.5, 0.6) is 5.75 Å². The Balaban J connectivity index is 1.98. The second kappa shape index (κ2) is 8.70. The van der Waals surface area contributed by atoms with Crippen LogP contribution in [0.25, 0.3) is 0 Å². The standard InChI is InChI=1S/C22H19NO5S/c1-28-18-14-12-17(13-15-18)21(25)23-22(20(24)16-8-4-2-5-9-16)29(26,27)19-10-6-3-7-11-19/h2-15,22H,1H3,(H,23,25)/t22-/m0/s1. The fourth-order valence-corrected chi connectivity index (χ4v) is 4.22. The van der Waals surface area contributed by atoms with Gasteiger partial charge in [0.15, 0.2) is 5.37 Å². The molecule has 148 valence electrons. The van der Waals surface area contributed by atoms with E-state index in [2.05, 4.69) is 5.32 Å². The lowest BCUT2D eigenvalue weighted by molar-refractivity contribution is 0.0888. The Labute approximate surface area is 169 Å². The first kappa shape index (κ1) is 20.3. The van der Waals surface area contributed by atoms with Crippen molar-refractivity contribution in [1.29, 1.82) is 0 Å². The summed E-state index contributed by atoms with van der Waals surface area (Å²) >= 11 is 0. The normalized spacial score (nSPS) is 12.0. The van der Waals surface area contributed by atoms with Crippen molar-refractivity contribution in [1.82, 2.24) is 5.32 Å². The van der Waals surface area contributed by atoms with Gasteiger partial charge in [0.05, 0.1) is 12.0 Å². The van der Waals surface area contributed by atoms with Gasteiger partial charge in [0.2, 0.25) is 15.6 Å². The summed E-state index contributed by atoms with van der Waals surface area (Å²) < 4.78 is 31.4. The highest BCUT2D eigenvalue weighted by atomic mass is 32.2. The molecule has 1 N–H and O–H groups in total. The van der Waals surface area contributed by atoms with Gasteiger partial charge in [-0.05, 0) is 36.4 Å². The molecule has 0 saturated carbocycles. The van der Waals surface area contributed by atoms with E-state index in [1.165, 1.54) is 43.5 Å². The number of sulfone groups is 1. The molecule has 3 aromatic carbocycles. The average Bonchev–Trinajstić information content (AvgIpc) is 2.78. The SMILES string of the molecule is COc1ccc(C(=O)N[C@H](C(=O)c2ccccc2)S(=O)(=O)c2ccccc2)cc1. The summed E-state index contributed by atoms with van der Waals surface area (Å²) in [6.45, 7) is 0. The van der Waals surface area contributed by atoms with Crippen LogP contribution in [0.4, 0.5) is 0 Å². The summed E-state index contributed by atoms with van der Waals surface area (Å²) in [4.78, 5) is 25.7. The number of nitrogens with one attached hydrogen (secondary N) is 1. The second-order valence-electron chi connectivity index (χ2n) is 6.17. The molecule has 29 heavy (non-hydrogen) atoms. The molecule has 0 radical (unpaired) electrons. The van der Waals surface area contributed by atoms with E-state index in [0.29, 0.717) is 5.75 Å². The summed E-state index contributed by atoms with van der Waals surface area (Å²) in [6, 6.07) is 21.7. The third-order valence-corrected chi connectivity index (χ3v) is 6.17. The van der Waals surface area contributed by atoms with Crippen LogP contribution in [0.3, 0.4) is 0 Å². The van der Waals surface area contributed by atoms with Crippen molar-refractivity contribution < 1.29 is 22.7 Å². The molecular weight excluding hydrogens is 390 g/mol. The largest absolute Gasteiger partial charge is 0.497 e. The molecule has 7 heteroatoms. The molecule has 0 spiro atoms. The second-order valence-corrected chi connectivity index (χ2v) is 8.20. The van der Waals surface area contributed by atoms with Crippen LogP contribution in [-0.2, 0) is 9.84 Å². The van der Waals surface area contributed by atoms with Gasteiger partial charge in [0, 0.05) is 11.1 Å². The lowest BCUT2D eigenvalue weighted by atomic mass is 10.1. The van der Waals surface area contributed by atoms with Crippen LogP contribution in [0, 0.1) is 0 Å². The molecule has 6 nitrogen and oxygen atoms in total. The minimum Gasteiger partial charge on any atom is -0.497 e. The maximum absolute atomic E-state index is 13.2. The summed E-state index contributed by atoms with van der Waals surface area (Å²) in [5.41, 5.74) is 0.395. The number of amides is 1. The van der Waals surface area contributed by atoms with Crippen molar-refractivity contribution in [3.05, 3.63) is 96.1 Å². The summed E-state index contributed by atoms with van der Waals surface area (Å²) in [5.74, 6) is -0.840. The van der Waals surface area contributed by atoms with Gasteiger partial charge >= 0.3 is 0 Å². The Morgan fingerprint density at radius 3 is 1.90 bits per heavy atom. The summed E-state index contributed by atoms with van der Waals surface area (Å²) in [7, 11) is -2.67. The fourth-order valence-electron chi connectivity index (χ4n) is 2.73. The van der Waals surface area contributed by atoms with Gasteiger partial charge in [-0.3, -0.25) is 9.59 Å². The van der Waals surface area contributed by atoms with Crippen LogP contribution < -0.4 is 10.1 Å². The molecule has 0 saturated heterocycles. The van der Waals surface area contributed by atoms with E-state index in [9.17, 15) is 18.0 Å². The third kappa shape index (κ3) is 4.52. The molecule has 0 unspecified atom stereocenters. The summed E-state index contributed by atoms with van der Waals surface area (Å²) in [6.07, 6.45) is 0. The monoisotopic (exact) mass is 409 g/mol. The first-order chi connectivity index (χ1) is 13.9. The maximum Gasteiger partial charge on any atom is 0.252 e. The zero-order valence-electron chi connectivity index (χ0n) is 15.6. The van der Waals surface area contributed by atoms with Gasteiger partial charge in [-0.1, -0.05) is 48.5 Å². The van der Waals surface area contributed by atoms with Gasteiger partial charge < -0.3 is 10.1 Å². The highest BCUT2D eigenvalue weighted by Crippen LogP contribution is 2.19. The molecule has 3 aromatic rings. The van der Waals surface area contributed by atoms with E-state index in [0.717, 1.165) is 0 Å². The van der Waals surface area contributed by atoms with Crippen LogP contribution in [0.2, 0.25) is 0 Å². The molecule has 1 atom stereocenters. The van der Waals surface area contributed by atoms with Crippen LogP contribution in [0.15, 0.2) is 89.8 Å². The Hall–Kier alpha value is -3.45. The Bertz CT molecular complexity index is 1090. The molecule has 0 aliphatic rings. The number of ether oxygens (including phenoxy) is 1. The zero-order chi connectivity index (χ0) is 20.9. The van der Waals surface area contributed by atoms with Gasteiger partial charge in [0.1, 0.15) is 5.75 Å². The number of hydrogen-bond donors (Lipinski definition) is 1. The molecule has 3 rings (SSSR count). The Morgan fingerprint density at radius 1 is 0.793 bits per heavy atom. The first-order valence-electron chi connectivity index (χ1n) is 8.76. The molecule has 0 fully saturated rings. The molecule has 0 bridgehead atoms. The molecule has 0 heterocycles. The number of rotatable bonds is 7. The van der Waals surface area contributed by atoms with E-state index >= 15 is 0 Å². The summed E-state index contributed by atoms with van der Waals surface area (Å²) in [5, 5.41) is 0.628. The van der Waals surface area contributed by atoms with Crippen molar-refractivity contribution in [3.63, 3.8) is 0 Å². The van der Waals surface area contributed by atoms with Crippen molar-refractivity contribution >= 4 is 21.5 Å². The molecular formula is C22H19NO5S. The zero-order valence-corrected chi connectivity index (χ0v) is 16.4. The number of Topliss-reactive ketones (excluding diaryl/α,β-unsaturated/α-hetero) is 1. The van der Waals surface area contributed by atoms with Crippen molar-refractivity contribution in [2.24, 2.45) is 0 Å². The lowest BCUT2D eigenvalue weighted by Crippen LogP contribution is -2.46. The predicted octanol–water partition coefficient (Wildman–Crippen LogP) is 3.11. The number of carbonyl (C=O) groups is 2. The topological polar surface area (TPSA) is 89.5 Å². The van der Waals surface area contributed by atoms with Crippen molar-refractivity contribution in [2.45, 2.75) is 10.3 Å². The number of methoxy groups -OCH3 is 1. The fraction of sp³-hybridized carbons (Fsp3) is 0.0909. The quantitative estimate of drug-likeness (QED) is 0.606. The van der Waals surface area contributed by atoms with E-state index in [1.807, 2.05) is 0 Å². The smallest absolute Gasteiger partial charge is 0.252 e. The first-order valence-corrected chi connectivity index (χ1v) is 10.3. The highest BCUT2D eigenvalue weighted by molar-refractivity contribution is 7.92. The minimum atomic E-state index is -4.17. The average molecular weight is 409 g/mol. The Morgan fingerprint density at radius 2 is 1.34 bits per heavy atom. The minimum absolute atomic E-state index is 0.0516. The van der Waals surface area contributed by atoms with Gasteiger partial charge in [-0.25, -0.2) is 8.42 Å². The van der Waals surface area contributed by atoms with Crippen LogP contribution in [-0.4, -0.2) is 32.6 Å². The van der Waals surface area contributed by atoms with E-state index in [-0.39, 0.29) is 16.0 Å². The van der Waals surface area contributed by atoms with Crippen molar-refractivity contribution in [2.75, 3.05) is 7.11 Å². The van der Waals surface area contributed by atoms with Gasteiger partial charge in [0.25, 0.3) is 5.91 Å². The number of benzene rings is 3. The van der Waals surface area contributed by atoms with E-state index < -0.39 is 26.9 Å². The van der Waals surface area contributed by atoms with E-state index in [4.69, 9.17) is 4.74 Å². The molecule has 1 amide bonds. The molecule has 0 aliphatic carbocycles. The Kier molecular flexibility index (Phi) is 6.09. The maximum atomic E-state index is 13.2. The van der Waals surface area contributed by atoms with Gasteiger partial charge in [-0.2, -0.15) is 0 Å². The van der Waals surface area contributed by atoms with E-state index in [1.54, 1.807) is 48.5 Å². The highest BCUT2D eigenvalue weighted by Gasteiger charge is 2.36. The molecule has 0 aromatic heterocycles. The van der Waals surface area contributed by atoms with Gasteiger partial charge in [-0.15, -0.1) is 0 Å². The number of ketones is 1. The lowest BCUT2D eigenvalue weighted by Gasteiger charge is -2.19. The van der Waals surface area contributed by atoms with Crippen LogP contribution >= 0.6 is 0 Å². The third-order valence-electron chi connectivity index (χ3n) is 4.29. The number of carbonyl (C=O) groups excluding carboxylic acids is 2. The van der Waals surface area contributed by atoms with Crippen LogP contribution in [0.1, 0.15) is 20.7 Å². The molecule has 0 aliphatic heterocycles. The predicted molar refractivity (Wildman–Crippen MR) is 109 cm³/mol. The number of hydrogen-bond acceptors (Lipinski definition) is 5.